The summed E-state index contributed by atoms with van der Waals surface area (Å²) in [5, 5.41) is 8.47. The Morgan fingerprint density at radius 1 is 1.25 bits per heavy atom. The summed E-state index contributed by atoms with van der Waals surface area (Å²) >= 11 is 1.17. The zero-order valence-corrected chi connectivity index (χ0v) is 15.4. The van der Waals surface area contributed by atoms with E-state index in [1.165, 1.54) is 18.9 Å². The van der Waals surface area contributed by atoms with Crippen LogP contribution in [0.1, 0.15) is 18.3 Å². The van der Waals surface area contributed by atoms with Gasteiger partial charge in [0.2, 0.25) is 0 Å². The standard InChI is InChI=1S/C15H19N3O4S2/c1-4-18-13(16-17-15(18)23-9-14(19)22-3)10-24(20,21)12-7-5-11(2)6-8-12/h5-8H,4,9-10H2,1-3H3. The number of hydrogen-bond donors (Lipinski definition) is 0. The number of aryl methyl sites for hydroxylation is 1. The van der Waals surface area contributed by atoms with Crippen LogP contribution < -0.4 is 0 Å². The van der Waals surface area contributed by atoms with Crippen LogP contribution in [0.4, 0.5) is 0 Å². The number of carbonyl (C=O) groups excluding carboxylic acids is 1. The summed E-state index contributed by atoms with van der Waals surface area (Å²) in [6, 6.07) is 6.69. The summed E-state index contributed by atoms with van der Waals surface area (Å²) < 4.78 is 31.4. The number of thioether (sulfide) groups is 1. The molecule has 0 atom stereocenters. The Balaban J connectivity index is 2.21. The predicted octanol–water partition coefficient (Wildman–Crippen LogP) is 1.85. The lowest BCUT2D eigenvalue weighted by molar-refractivity contribution is -0.137. The maximum absolute atomic E-state index is 12.5. The monoisotopic (exact) mass is 369 g/mol. The second-order valence-corrected chi connectivity index (χ2v) is 8.01. The highest BCUT2D eigenvalue weighted by atomic mass is 32.2. The number of rotatable bonds is 7. The fraction of sp³-hybridized carbons (Fsp3) is 0.400. The van der Waals surface area contributed by atoms with Gasteiger partial charge in [-0.1, -0.05) is 29.5 Å². The third-order valence-corrected chi connectivity index (χ3v) is 5.92. The fourth-order valence-corrected chi connectivity index (χ4v) is 4.16. The van der Waals surface area contributed by atoms with Crippen LogP contribution in [0, 0.1) is 6.92 Å². The first kappa shape index (κ1) is 18.5. The van der Waals surface area contributed by atoms with Gasteiger partial charge < -0.3 is 9.30 Å². The van der Waals surface area contributed by atoms with Crippen molar-refractivity contribution in [1.82, 2.24) is 14.8 Å². The highest BCUT2D eigenvalue weighted by Crippen LogP contribution is 2.21. The van der Waals surface area contributed by atoms with Crippen molar-refractivity contribution in [3.63, 3.8) is 0 Å². The molecule has 0 spiro atoms. The first-order valence-electron chi connectivity index (χ1n) is 7.28. The van der Waals surface area contributed by atoms with Gasteiger partial charge in [0.25, 0.3) is 0 Å². The molecule has 1 heterocycles. The number of hydrogen-bond acceptors (Lipinski definition) is 7. The smallest absolute Gasteiger partial charge is 0.316 e. The van der Waals surface area contributed by atoms with E-state index in [1.54, 1.807) is 28.8 Å². The summed E-state index contributed by atoms with van der Waals surface area (Å²) in [5.74, 6) is -0.167. The molecule has 9 heteroatoms. The minimum atomic E-state index is -3.51. The molecule has 1 aromatic carbocycles. The SMILES string of the molecule is CCn1c(CS(=O)(=O)c2ccc(C)cc2)nnc1SCC(=O)OC. The number of ether oxygens (including phenoxy) is 1. The highest BCUT2D eigenvalue weighted by Gasteiger charge is 2.21. The van der Waals surface area contributed by atoms with Gasteiger partial charge in [-0.2, -0.15) is 0 Å². The minimum absolute atomic E-state index is 0.0966. The van der Waals surface area contributed by atoms with Crippen LogP contribution in [0.2, 0.25) is 0 Å². The summed E-state index contributed by atoms with van der Waals surface area (Å²) in [5.41, 5.74) is 0.993. The Labute approximate surface area is 145 Å². The van der Waals surface area contributed by atoms with Crippen LogP contribution in [0.25, 0.3) is 0 Å². The Bertz CT molecular complexity index is 814. The van der Waals surface area contributed by atoms with Gasteiger partial charge in [0, 0.05) is 6.54 Å². The van der Waals surface area contributed by atoms with Crippen LogP contribution >= 0.6 is 11.8 Å². The molecule has 2 rings (SSSR count). The topological polar surface area (TPSA) is 91.1 Å². The van der Waals surface area contributed by atoms with Crippen molar-refractivity contribution in [3.8, 4) is 0 Å². The zero-order valence-electron chi connectivity index (χ0n) is 13.7. The van der Waals surface area contributed by atoms with Crippen molar-refractivity contribution >= 4 is 27.6 Å². The highest BCUT2D eigenvalue weighted by molar-refractivity contribution is 7.99. The molecule has 0 aliphatic carbocycles. The van der Waals surface area contributed by atoms with E-state index in [2.05, 4.69) is 14.9 Å². The number of esters is 1. The maximum Gasteiger partial charge on any atom is 0.316 e. The number of benzene rings is 1. The average molecular weight is 369 g/mol. The Hall–Kier alpha value is -1.87. The van der Waals surface area contributed by atoms with E-state index >= 15 is 0 Å². The summed E-state index contributed by atoms with van der Waals surface area (Å²) in [6.07, 6.45) is 0. The Morgan fingerprint density at radius 3 is 2.50 bits per heavy atom. The molecule has 0 aliphatic heterocycles. The van der Waals surface area contributed by atoms with Gasteiger partial charge in [-0.05, 0) is 26.0 Å². The molecule has 0 fully saturated rings. The molecule has 0 amide bonds. The van der Waals surface area contributed by atoms with Crippen molar-refractivity contribution in [2.45, 2.75) is 36.2 Å². The van der Waals surface area contributed by atoms with E-state index in [0.29, 0.717) is 17.5 Å². The molecule has 1 aromatic heterocycles. The minimum Gasteiger partial charge on any atom is -0.468 e. The van der Waals surface area contributed by atoms with Gasteiger partial charge in [0.15, 0.2) is 15.0 Å². The molecule has 0 aliphatic rings. The van der Waals surface area contributed by atoms with E-state index in [-0.39, 0.29) is 22.4 Å². The van der Waals surface area contributed by atoms with Crippen molar-refractivity contribution in [2.24, 2.45) is 0 Å². The molecule has 0 saturated heterocycles. The Kier molecular flexibility index (Phi) is 6.00. The molecule has 7 nitrogen and oxygen atoms in total. The van der Waals surface area contributed by atoms with Gasteiger partial charge in [-0.15, -0.1) is 10.2 Å². The number of nitrogens with zero attached hydrogens (tertiary/aromatic N) is 3. The van der Waals surface area contributed by atoms with Gasteiger partial charge in [0.1, 0.15) is 11.6 Å². The van der Waals surface area contributed by atoms with Crippen LogP contribution in [-0.4, -0.2) is 42.0 Å². The average Bonchev–Trinajstić information content (AvgIpc) is 2.93. The van der Waals surface area contributed by atoms with Crippen molar-refractivity contribution < 1.29 is 17.9 Å². The van der Waals surface area contributed by atoms with E-state index in [1.807, 2.05) is 13.8 Å². The Morgan fingerprint density at radius 2 is 1.92 bits per heavy atom. The summed E-state index contributed by atoms with van der Waals surface area (Å²) in [6.45, 7) is 4.28. The van der Waals surface area contributed by atoms with Crippen LogP contribution in [0.3, 0.4) is 0 Å². The van der Waals surface area contributed by atoms with Gasteiger partial charge in [-0.25, -0.2) is 8.42 Å². The van der Waals surface area contributed by atoms with E-state index in [9.17, 15) is 13.2 Å². The third-order valence-electron chi connectivity index (χ3n) is 3.36. The van der Waals surface area contributed by atoms with E-state index in [4.69, 9.17) is 0 Å². The number of carbonyl (C=O) groups is 1. The molecule has 0 saturated carbocycles. The van der Waals surface area contributed by atoms with Gasteiger partial charge >= 0.3 is 5.97 Å². The molecule has 130 valence electrons. The predicted molar refractivity (Wildman–Crippen MR) is 90.5 cm³/mol. The van der Waals surface area contributed by atoms with Crippen molar-refractivity contribution in [3.05, 3.63) is 35.7 Å². The van der Waals surface area contributed by atoms with Crippen LogP contribution in [0.5, 0.6) is 0 Å². The number of methoxy groups -OCH3 is 1. The molecule has 2 aromatic rings. The van der Waals surface area contributed by atoms with Crippen molar-refractivity contribution in [1.29, 1.82) is 0 Å². The molecular weight excluding hydrogens is 350 g/mol. The lowest BCUT2D eigenvalue weighted by Gasteiger charge is -2.08. The second kappa shape index (κ2) is 7.80. The molecular formula is C15H19N3O4S2. The van der Waals surface area contributed by atoms with E-state index in [0.717, 1.165) is 5.56 Å². The van der Waals surface area contributed by atoms with Crippen LogP contribution in [-0.2, 0) is 31.7 Å². The van der Waals surface area contributed by atoms with Crippen molar-refractivity contribution in [2.75, 3.05) is 12.9 Å². The lowest BCUT2D eigenvalue weighted by atomic mass is 10.2. The molecule has 0 bridgehead atoms. The molecule has 24 heavy (non-hydrogen) atoms. The lowest BCUT2D eigenvalue weighted by Crippen LogP contribution is -2.12. The first-order chi connectivity index (χ1) is 11.4. The molecule has 0 N–H and O–H groups in total. The first-order valence-corrected chi connectivity index (χ1v) is 9.92. The third kappa shape index (κ3) is 4.35. The number of sulfone groups is 1. The fourth-order valence-electron chi connectivity index (χ4n) is 2.03. The molecule has 0 radical (unpaired) electrons. The van der Waals surface area contributed by atoms with Crippen LogP contribution in [0.15, 0.2) is 34.3 Å². The molecule has 0 unspecified atom stereocenters. The van der Waals surface area contributed by atoms with Gasteiger partial charge in [-0.3, -0.25) is 4.79 Å². The second-order valence-electron chi connectivity index (χ2n) is 5.08. The van der Waals surface area contributed by atoms with Gasteiger partial charge in [0.05, 0.1) is 17.8 Å². The maximum atomic E-state index is 12.5. The largest absolute Gasteiger partial charge is 0.468 e. The normalized spacial score (nSPS) is 11.5. The summed E-state index contributed by atoms with van der Waals surface area (Å²) in [4.78, 5) is 11.5. The zero-order chi connectivity index (χ0) is 17.7. The number of aromatic nitrogens is 3. The quantitative estimate of drug-likeness (QED) is 0.543. The van der Waals surface area contributed by atoms with E-state index < -0.39 is 9.84 Å². The summed E-state index contributed by atoms with van der Waals surface area (Å²) in [7, 11) is -2.20.